The maximum absolute atomic E-state index is 13.3. The summed E-state index contributed by atoms with van der Waals surface area (Å²) in [5, 5.41) is 87.4. The molecule has 0 spiro atoms. The van der Waals surface area contributed by atoms with Crippen LogP contribution < -0.4 is 5.32 Å². The minimum atomic E-state index is -1.80. The summed E-state index contributed by atoms with van der Waals surface area (Å²) >= 11 is 0. The molecule has 2 fully saturated rings. The van der Waals surface area contributed by atoms with Crippen molar-refractivity contribution in [2.45, 2.75) is 344 Å². The fourth-order valence-electron chi connectivity index (χ4n) is 11.2. The molecule has 518 valence electrons. The van der Waals surface area contributed by atoms with Crippen LogP contribution in [0.3, 0.4) is 0 Å². The average molecular weight is 1270 g/mol. The van der Waals surface area contributed by atoms with Crippen LogP contribution in [0.1, 0.15) is 271 Å². The molecule has 0 aromatic carbocycles. The summed E-state index contributed by atoms with van der Waals surface area (Å²) in [6.45, 7) is 2.67. The van der Waals surface area contributed by atoms with Crippen LogP contribution in [0.2, 0.25) is 0 Å². The summed E-state index contributed by atoms with van der Waals surface area (Å²) in [5.74, 6) is -0.254. The van der Waals surface area contributed by atoms with Crippen LogP contribution in [0.15, 0.2) is 109 Å². The average Bonchev–Trinajstić information content (AvgIpc) is 1.58. The summed E-state index contributed by atoms with van der Waals surface area (Å²) in [7, 11) is 0. The smallest absolute Gasteiger partial charge is 0.220 e. The minimum absolute atomic E-state index is 0.254. The molecule has 1 amide bonds. The second-order valence-corrected chi connectivity index (χ2v) is 25.0. The summed E-state index contributed by atoms with van der Waals surface area (Å²) in [4.78, 5) is 13.3. The van der Waals surface area contributed by atoms with E-state index in [1.165, 1.54) is 154 Å². The standard InChI is InChI=1S/C76H131NO13/c1-3-5-7-9-11-13-15-17-19-21-23-24-25-26-27-28-29-30-31-32-33-34-35-36-37-38-39-40-42-44-46-48-50-52-54-56-58-60-68(81)77-64(65(80)59-57-55-53-51-49-47-45-43-41-22-20-18-16-14-12-10-8-6-4-2)63-87-75-73(86)71(84)74(67(62-79)89-75)90-76-72(85)70(83)69(82)66(61-78)88-76/h5,7,11,13,17,19,23-24,26-27,29-30,41,43,49,51,57,59,64-67,69-76,78-80,82-86H,3-4,6,8-10,12,14-16,18,20-22,25,28,31-40,42,44-48,50,52-56,58,60-63H2,1-2H3,(H,77,81)/b7-5-,13-11-,19-17-,24-23-,27-26-,30-29-,43-41+,51-49+,59-57+. The highest BCUT2D eigenvalue weighted by molar-refractivity contribution is 5.76. The van der Waals surface area contributed by atoms with Gasteiger partial charge in [0.15, 0.2) is 12.6 Å². The highest BCUT2D eigenvalue weighted by Gasteiger charge is 2.51. The van der Waals surface area contributed by atoms with Gasteiger partial charge < -0.3 is 65.1 Å². The van der Waals surface area contributed by atoms with Crippen LogP contribution >= 0.6 is 0 Å². The summed E-state index contributed by atoms with van der Waals surface area (Å²) in [6.07, 6.45) is 68.7. The number of carbonyl (C=O) groups excluding carboxylic acids is 1. The lowest BCUT2D eigenvalue weighted by atomic mass is 9.97. The van der Waals surface area contributed by atoms with E-state index < -0.39 is 86.8 Å². The van der Waals surface area contributed by atoms with Crippen molar-refractivity contribution in [3.63, 3.8) is 0 Å². The third-order valence-electron chi connectivity index (χ3n) is 16.9. The number of ether oxygens (including phenoxy) is 4. The number of carbonyl (C=O) groups is 1. The molecule has 0 aromatic rings. The van der Waals surface area contributed by atoms with Crippen molar-refractivity contribution in [2.75, 3.05) is 19.8 Å². The lowest BCUT2D eigenvalue weighted by molar-refractivity contribution is -0.359. The molecule has 14 nitrogen and oxygen atoms in total. The second kappa shape index (κ2) is 59.4. The topological polar surface area (TPSA) is 228 Å². The second-order valence-electron chi connectivity index (χ2n) is 25.0. The first-order valence-corrected chi connectivity index (χ1v) is 36.1. The third-order valence-corrected chi connectivity index (χ3v) is 16.9. The van der Waals surface area contributed by atoms with Gasteiger partial charge in [0.1, 0.15) is 48.8 Å². The predicted molar refractivity (Wildman–Crippen MR) is 369 cm³/mol. The Morgan fingerprint density at radius 3 is 1.22 bits per heavy atom. The summed E-state index contributed by atoms with van der Waals surface area (Å²) < 4.78 is 22.8. The summed E-state index contributed by atoms with van der Waals surface area (Å²) in [5.41, 5.74) is 0. The van der Waals surface area contributed by atoms with Gasteiger partial charge in [0.25, 0.3) is 0 Å². The third kappa shape index (κ3) is 42.8. The zero-order valence-corrected chi connectivity index (χ0v) is 56.3. The predicted octanol–water partition coefficient (Wildman–Crippen LogP) is 15.1. The molecule has 12 unspecified atom stereocenters. The molecule has 12 atom stereocenters. The first kappa shape index (κ1) is 82.7. The SMILES string of the molecule is CC/C=C\C/C=C\C/C=C\C/C=C\C/C=C\C/C=C\CCCCCCCCCCCCCCCCCCCCC(=O)NC(COC1OC(CO)C(OC2OC(CO)C(O)C(O)C2O)C(O)C1O)C(O)/C=C/CC/C=C/CC/C=C/CCCCCCCCCCC. The van der Waals surface area contributed by atoms with Crippen LogP contribution in [-0.2, 0) is 23.7 Å². The van der Waals surface area contributed by atoms with E-state index in [-0.39, 0.29) is 18.9 Å². The molecule has 2 saturated heterocycles. The normalized spacial score (nSPS) is 23.6. The molecule has 2 aliphatic rings. The summed E-state index contributed by atoms with van der Waals surface area (Å²) in [6, 6.07) is -0.943. The van der Waals surface area contributed by atoms with Gasteiger partial charge in [0.2, 0.25) is 5.91 Å². The van der Waals surface area contributed by atoms with Gasteiger partial charge in [0.05, 0.1) is 32.0 Å². The molecule has 0 aromatic heterocycles. The van der Waals surface area contributed by atoms with E-state index in [0.29, 0.717) is 12.8 Å². The molecule has 2 heterocycles. The van der Waals surface area contributed by atoms with Crippen LogP contribution in [0.4, 0.5) is 0 Å². The van der Waals surface area contributed by atoms with E-state index in [1.807, 2.05) is 6.08 Å². The Hall–Kier alpha value is -3.35. The fourth-order valence-corrected chi connectivity index (χ4v) is 11.2. The van der Waals surface area contributed by atoms with Gasteiger partial charge in [-0.1, -0.05) is 277 Å². The van der Waals surface area contributed by atoms with Gasteiger partial charge >= 0.3 is 0 Å². The minimum Gasteiger partial charge on any atom is -0.394 e. The maximum Gasteiger partial charge on any atom is 0.220 e. The number of aliphatic hydroxyl groups is 8. The Kier molecular flexibility index (Phi) is 54.6. The Morgan fingerprint density at radius 1 is 0.411 bits per heavy atom. The number of unbranched alkanes of at least 4 members (excludes halogenated alkanes) is 29. The number of hydrogen-bond acceptors (Lipinski definition) is 13. The number of nitrogens with one attached hydrogen (secondary N) is 1. The number of rotatable bonds is 58. The zero-order chi connectivity index (χ0) is 65.2. The molecular formula is C76H131NO13. The van der Waals surface area contributed by atoms with Gasteiger partial charge in [0, 0.05) is 6.42 Å². The van der Waals surface area contributed by atoms with E-state index in [9.17, 15) is 45.6 Å². The van der Waals surface area contributed by atoms with E-state index >= 15 is 0 Å². The maximum atomic E-state index is 13.3. The van der Waals surface area contributed by atoms with E-state index in [0.717, 1.165) is 83.5 Å². The first-order valence-electron chi connectivity index (χ1n) is 36.1. The van der Waals surface area contributed by atoms with E-state index in [4.69, 9.17) is 18.9 Å². The van der Waals surface area contributed by atoms with Crippen molar-refractivity contribution < 1.29 is 64.6 Å². The Bertz CT molecular complexity index is 1930. The largest absolute Gasteiger partial charge is 0.394 e. The molecule has 2 aliphatic heterocycles. The van der Waals surface area contributed by atoms with Crippen molar-refractivity contribution in [2.24, 2.45) is 0 Å². The van der Waals surface area contributed by atoms with Crippen LogP contribution in [-0.4, -0.2) is 140 Å². The van der Waals surface area contributed by atoms with E-state index in [2.05, 4.69) is 116 Å². The molecular weight excluding hydrogens is 1130 g/mol. The molecule has 0 aliphatic carbocycles. The Morgan fingerprint density at radius 2 is 0.778 bits per heavy atom. The van der Waals surface area contributed by atoms with Crippen molar-refractivity contribution in [1.82, 2.24) is 5.32 Å². The highest BCUT2D eigenvalue weighted by atomic mass is 16.7. The van der Waals surface area contributed by atoms with Crippen molar-refractivity contribution in [1.29, 1.82) is 0 Å². The molecule has 90 heavy (non-hydrogen) atoms. The van der Waals surface area contributed by atoms with Gasteiger partial charge in [-0.3, -0.25) is 4.79 Å². The first-order chi connectivity index (χ1) is 44.1. The molecule has 2 rings (SSSR count). The molecule has 0 bridgehead atoms. The van der Waals surface area contributed by atoms with E-state index in [1.54, 1.807) is 6.08 Å². The Labute approximate surface area is 546 Å². The number of hydrogen-bond donors (Lipinski definition) is 9. The van der Waals surface area contributed by atoms with Crippen molar-refractivity contribution >= 4 is 5.91 Å². The quantitative estimate of drug-likeness (QED) is 0.0204. The number of allylic oxidation sites excluding steroid dienone is 17. The Balaban J connectivity index is 1.63. The number of aliphatic hydroxyl groups excluding tert-OH is 8. The molecule has 9 N–H and O–H groups in total. The van der Waals surface area contributed by atoms with Crippen molar-refractivity contribution in [3.8, 4) is 0 Å². The van der Waals surface area contributed by atoms with Gasteiger partial charge in [-0.25, -0.2) is 0 Å². The van der Waals surface area contributed by atoms with Crippen molar-refractivity contribution in [3.05, 3.63) is 109 Å². The lowest BCUT2D eigenvalue weighted by Gasteiger charge is -2.46. The molecule has 14 heteroatoms. The number of amides is 1. The lowest BCUT2D eigenvalue weighted by Crippen LogP contribution is -2.65. The van der Waals surface area contributed by atoms with Gasteiger partial charge in [-0.15, -0.1) is 0 Å². The molecule has 0 radical (unpaired) electrons. The van der Waals surface area contributed by atoms with Crippen LogP contribution in [0.5, 0.6) is 0 Å². The fraction of sp³-hybridized carbons (Fsp3) is 0.750. The molecule has 0 saturated carbocycles. The van der Waals surface area contributed by atoms with Crippen LogP contribution in [0, 0.1) is 0 Å². The zero-order valence-electron chi connectivity index (χ0n) is 56.3. The highest BCUT2D eigenvalue weighted by Crippen LogP contribution is 2.30. The van der Waals surface area contributed by atoms with Crippen LogP contribution in [0.25, 0.3) is 0 Å². The van der Waals surface area contributed by atoms with Gasteiger partial charge in [-0.2, -0.15) is 0 Å². The van der Waals surface area contributed by atoms with Gasteiger partial charge in [-0.05, 0) is 96.3 Å². The monoisotopic (exact) mass is 1270 g/mol.